The van der Waals surface area contributed by atoms with E-state index >= 15 is 0 Å². The average Bonchev–Trinajstić information content (AvgIpc) is 2.37. The molecular formula is C12H20N2O4S. The fraction of sp³-hybridized carbons (Fsp3) is 0.500. The number of nitrogens with one attached hydrogen (secondary N) is 1. The normalized spacial score (nSPS) is 11.3. The summed E-state index contributed by atoms with van der Waals surface area (Å²) in [5, 5.41) is 8.06. The van der Waals surface area contributed by atoms with Crippen molar-refractivity contribution in [3.63, 3.8) is 0 Å². The van der Waals surface area contributed by atoms with Gasteiger partial charge in [0.1, 0.15) is 11.5 Å². The monoisotopic (exact) mass is 288 g/mol. The molecule has 0 amide bonds. The largest absolute Gasteiger partial charge is 0.497 e. The van der Waals surface area contributed by atoms with E-state index in [-0.39, 0.29) is 5.75 Å². The van der Waals surface area contributed by atoms with E-state index in [2.05, 4.69) is 5.32 Å². The Bertz CT molecular complexity index is 502. The van der Waals surface area contributed by atoms with Crippen molar-refractivity contribution < 1.29 is 17.9 Å². The zero-order chi connectivity index (χ0) is 14.3. The molecule has 108 valence electrons. The number of ether oxygens (including phenoxy) is 2. The fourth-order valence-corrected chi connectivity index (χ4v) is 2.17. The number of primary sulfonamides is 1. The van der Waals surface area contributed by atoms with Crippen LogP contribution in [-0.4, -0.2) is 34.9 Å². The van der Waals surface area contributed by atoms with Crippen molar-refractivity contribution in [2.75, 3.05) is 26.5 Å². The van der Waals surface area contributed by atoms with Crippen molar-refractivity contribution in [1.82, 2.24) is 5.32 Å². The Labute approximate surface area is 113 Å². The number of sulfonamides is 1. The lowest BCUT2D eigenvalue weighted by Crippen LogP contribution is -2.22. The van der Waals surface area contributed by atoms with Crippen LogP contribution in [0.4, 0.5) is 0 Å². The third-order valence-corrected chi connectivity index (χ3v) is 3.45. The molecule has 0 saturated carbocycles. The lowest BCUT2D eigenvalue weighted by Gasteiger charge is -2.11. The van der Waals surface area contributed by atoms with Gasteiger partial charge in [0.15, 0.2) is 0 Å². The number of rotatable bonds is 8. The minimum absolute atomic E-state index is 0.0141. The highest BCUT2D eigenvalue weighted by Crippen LogP contribution is 2.24. The van der Waals surface area contributed by atoms with Crippen molar-refractivity contribution in [3.8, 4) is 11.5 Å². The van der Waals surface area contributed by atoms with E-state index in [4.69, 9.17) is 14.6 Å². The molecule has 0 unspecified atom stereocenters. The molecule has 0 radical (unpaired) electrons. The van der Waals surface area contributed by atoms with Crippen LogP contribution in [0.2, 0.25) is 0 Å². The maximum Gasteiger partial charge on any atom is 0.209 e. The van der Waals surface area contributed by atoms with Crippen LogP contribution in [0.25, 0.3) is 0 Å². The summed E-state index contributed by atoms with van der Waals surface area (Å²) in [6, 6.07) is 5.57. The van der Waals surface area contributed by atoms with Gasteiger partial charge in [-0.25, -0.2) is 13.6 Å². The molecule has 1 aromatic carbocycles. The molecule has 19 heavy (non-hydrogen) atoms. The van der Waals surface area contributed by atoms with Crippen molar-refractivity contribution in [3.05, 3.63) is 23.8 Å². The van der Waals surface area contributed by atoms with Gasteiger partial charge in [-0.1, -0.05) is 6.07 Å². The van der Waals surface area contributed by atoms with Crippen molar-refractivity contribution in [2.45, 2.75) is 13.0 Å². The number of hydrogen-bond donors (Lipinski definition) is 2. The van der Waals surface area contributed by atoms with Crippen LogP contribution >= 0.6 is 0 Å². The van der Waals surface area contributed by atoms with Gasteiger partial charge in [0.25, 0.3) is 0 Å². The Hall–Kier alpha value is -1.31. The number of nitrogens with two attached hydrogens (primary N) is 1. The van der Waals surface area contributed by atoms with Crippen LogP contribution in [0.5, 0.6) is 11.5 Å². The molecule has 0 spiro atoms. The molecule has 0 saturated heterocycles. The van der Waals surface area contributed by atoms with Crippen LogP contribution < -0.4 is 19.9 Å². The van der Waals surface area contributed by atoms with Gasteiger partial charge in [0, 0.05) is 18.2 Å². The third-order valence-electron chi connectivity index (χ3n) is 2.59. The first kappa shape index (κ1) is 15.7. The van der Waals surface area contributed by atoms with Crippen LogP contribution in [-0.2, 0) is 16.6 Å². The lowest BCUT2D eigenvalue weighted by atomic mass is 10.2. The molecule has 0 aliphatic heterocycles. The quantitative estimate of drug-likeness (QED) is 0.679. The molecule has 3 N–H and O–H groups in total. The predicted octanol–water partition coefficient (Wildman–Crippen LogP) is 0.472. The average molecular weight is 288 g/mol. The Morgan fingerprint density at radius 2 is 2.00 bits per heavy atom. The van der Waals surface area contributed by atoms with Gasteiger partial charge in [-0.2, -0.15) is 0 Å². The molecule has 0 bridgehead atoms. The van der Waals surface area contributed by atoms with Gasteiger partial charge in [-0.05, 0) is 19.0 Å². The first-order valence-electron chi connectivity index (χ1n) is 5.88. The van der Waals surface area contributed by atoms with Gasteiger partial charge in [-0.3, -0.25) is 0 Å². The predicted molar refractivity (Wildman–Crippen MR) is 73.8 cm³/mol. The zero-order valence-electron chi connectivity index (χ0n) is 11.2. The van der Waals surface area contributed by atoms with Crippen LogP contribution in [0.3, 0.4) is 0 Å². The molecule has 0 atom stereocenters. The lowest BCUT2D eigenvalue weighted by molar-refractivity contribution is 0.390. The van der Waals surface area contributed by atoms with Gasteiger partial charge in [0.2, 0.25) is 10.0 Å². The Morgan fingerprint density at radius 3 is 2.58 bits per heavy atom. The van der Waals surface area contributed by atoms with Gasteiger partial charge >= 0.3 is 0 Å². The molecule has 0 heterocycles. The minimum atomic E-state index is -3.37. The second kappa shape index (κ2) is 7.32. The van der Waals surface area contributed by atoms with E-state index in [1.807, 2.05) is 12.1 Å². The molecule has 0 aliphatic rings. The van der Waals surface area contributed by atoms with Crippen molar-refractivity contribution >= 4 is 10.0 Å². The van der Waals surface area contributed by atoms with E-state index in [0.717, 1.165) is 17.1 Å². The van der Waals surface area contributed by atoms with Crippen LogP contribution in [0, 0.1) is 0 Å². The SMILES string of the molecule is COc1ccc(CNCCCS(N)(=O)=O)c(OC)c1. The topological polar surface area (TPSA) is 90.6 Å². The standard InChI is InChI=1S/C12H20N2O4S/c1-17-11-5-4-10(12(8-11)18-2)9-14-6-3-7-19(13,15)16/h4-5,8,14H,3,6-7,9H2,1-2H3,(H2,13,15,16). The van der Waals surface area contributed by atoms with Gasteiger partial charge in [-0.15, -0.1) is 0 Å². The first-order chi connectivity index (χ1) is 8.96. The molecule has 6 nitrogen and oxygen atoms in total. The third kappa shape index (κ3) is 5.91. The fourth-order valence-electron chi connectivity index (χ4n) is 1.62. The molecule has 0 aliphatic carbocycles. The van der Waals surface area contributed by atoms with E-state index in [1.54, 1.807) is 20.3 Å². The summed E-state index contributed by atoms with van der Waals surface area (Å²) in [5.74, 6) is 1.45. The van der Waals surface area contributed by atoms with Gasteiger partial charge < -0.3 is 14.8 Å². The minimum Gasteiger partial charge on any atom is -0.497 e. The van der Waals surface area contributed by atoms with Crippen LogP contribution in [0.15, 0.2) is 18.2 Å². The van der Waals surface area contributed by atoms with E-state index in [9.17, 15) is 8.42 Å². The molecule has 1 aromatic rings. The summed E-state index contributed by atoms with van der Waals surface area (Å²) in [6.07, 6.45) is 0.483. The van der Waals surface area contributed by atoms with Gasteiger partial charge in [0.05, 0.1) is 20.0 Å². The Balaban J connectivity index is 2.45. The second-order valence-corrected chi connectivity index (χ2v) is 5.81. The first-order valence-corrected chi connectivity index (χ1v) is 7.60. The molecule has 0 aromatic heterocycles. The molecule has 7 heteroatoms. The second-order valence-electron chi connectivity index (χ2n) is 4.08. The molecule has 0 fully saturated rings. The summed E-state index contributed by atoms with van der Waals surface area (Å²) in [4.78, 5) is 0. The van der Waals surface area contributed by atoms with Crippen molar-refractivity contribution in [2.24, 2.45) is 5.14 Å². The molecule has 1 rings (SSSR count). The zero-order valence-corrected chi connectivity index (χ0v) is 12.0. The summed E-state index contributed by atoms with van der Waals surface area (Å²) in [5.41, 5.74) is 0.985. The highest BCUT2D eigenvalue weighted by molar-refractivity contribution is 7.89. The maximum absolute atomic E-state index is 10.8. The van der Waals surface area contributed by atoms with E-state index < -0.39 is 10.0 Å². The summed E-state index contributed by atoms with van der Waals surface area (Å²) >= 11 is 0. The maximum atomic E-state index is 10.8. The van der Waals surface area contributed by atoms with Crippen LogP contribution in [0.1, 0.15) is 12.0 Å². The highest BCUT2D eigenvalue weighted by atomic mass is 32.2. The summed E-state index contributed by atoms with van der Waals surface area (Å²) < 4.78 is 31.9. The van der Waals surface area contributed by atoms with E-state index in [0.29, 0.717) is 19.5 Å². The Kier molecular flexibility index (Phi) is 6.07. The summed E-state index contributed by atoms with van der Waals surface area (Å²) in [7, 11) is -0.179. The Morgan fingerprint density at radius 1 is 1.26 bits per heavy atom. The van der Waals surface area contributed by atoms with Crippen molar-refractivity contribution in [1.29, 1.82) is 0 Å². The number of methoxy groups -OCH3 is 2. The van der Waals surface area contributed by atoms with E-state index in [1.165, 1.54) is 0 Å². The number of benzene rings is 1. The summed E-state index contributed by atoms with van der Waals surface area (Å²) in [6.45, 7) is 1.17. The molecular weight excluding hydrogens is 268 g/mol. The number of hydrogen-bond acceptors (Lipinski definition) is 5. The highest BCUT2D eigenvalue weighted by Gasteiger charge is 2.05. The smallest absolute Gasteiger partial charge is 0.209 e.